The normalized spacial score (nSPS) is 20.8. The van der Waals surface area contributed by atoms with E-state index >= 15 is 0 Å². The number of thiophene rings is 1. The summed E-state index contributed by atoms with van der Waals surface area (Å²) in [5.74, 6) is -0.415. The van der Waals surface area contributed by atoms with Crippen LogP contribution in [0.4, 0.5) is 4.79 Å². The predicted octanol–water partition coefficient (Wildman–Crippen LogP) is 3.99. The number of piperidine rings is 1. The Morgan fingerprint density at radius 2 is 1.94 bits per heavy atom. The number of aryl methyl sites for hydroxylation is 1. The zero-order chi connectivity index (χ0) is 24.4. The number of pyridine rings is 1. The maximum absolute atomic E-state index is 13.9. The molecule has 1 aromatic carbocycles. The fourth-order valence-electron chi connectivity index (χ4n) is 5.21. The van der Waals surface area contributed by atoms with E-state index in [0.717, 1.165) is 10.4 Å². The second-order valence-corrected chi connectivity index (χ2v) is 10.2. The molecule has 1 N–H and O–H groups in total. The van der Waals surface area contributed by atoms with Gasteiger partial charge >= 0.3 is 6.03 Å². The fourth-order valence-corrected chi connectivity index (χ4v) is 5.90. The first-order valence-electron chi connectivity index (χ1n) is 11.9. The molecule has 0 saturated carbocycles. The van der Waals surface area contributed by atoms with Gasteiger partial charge in [0.15, 0.2) is 5.54 Å². The van der Waals surface area contributed by atoms with E-state index in [2.05, 4.69) is 10.3 Å². The summed E-state index contributed by atoms with van der Waals surface area (Å²) in [7, 11) is 0. The van der Waals surface area contributed by atoms with Crippen molar-refractivity contribution in [1.29, 1.82) is 0 Å². The van der Waals surface area contributed by atoms with Gasteiger partial charge in [-0.05, 0) is 61.9 Å². The largest absolute Gasteiger partial charge is 0.339 e. The van der Waals surface area contributed by atoms with Crippen molar-refractivity contribution in [3.63, 3.8) is 0 Å². The summed E-state index contributed by atoms with van der Waals surface area (Å²) in [6, 6.07) is 16.7. The van der Waals surface area contributed by atoms with Crippen molar-refractivity contribution in [2.24, 2.45) is 5.92 Å². The molecule has 3 aromatic rings. The van der Waals surface area contributed by atoms with Gasteiger partial charge in [0.05, 0.1) is 5.69 Å². The lowest BCUT2D eigenvalue weighted by atomic mass is 9.75. The molecule has 4 amide bonds. The van der Waals surface area contributed by atoms with E-state index in [0.29, 0.717) is 50.2 Å². The zero-order valence-electron chi connectivity index (χ0n) is 19.6. The molecule has 0 radical (unpaired) electrons. The molecular weight excluding hydrogens is 460 g/mol. The van der Waals surface area contributed by atoms with E-state index in [1.165, 1.54) is 4.90 Å². The molecule has 1 atom stereocenters. The van der Waals surface area contributed by atoms with Crippen LogP contribution in [0.15, 0.2) is 66.2 Å². The molecule has 1 unspecified atom stereocenters. The highest BCUT2D eigenvalue weighted by molar-refractivity contribution is 7.09. The average Bonchev–Trinajstić information content (AvgIpc) is 3.49. The van der Waals surface area contributed by atoms with Gasteiger partial charge in [0, 0.05) is 42.2 Å². The molecule has 180 valence electrons. The SMILES string of the molecule is Cc1cccc(C(=O)N2CCC(C3(c4ccccn4)NC(=O)N(CCc4cccs4)C3=O)CC2)c1. The van der Waals surface area contributed by atoms with Gasteiger partial charge < -0.3 is 10.2 Å². The van der Waals surface area contributed by atoms with Gasteiger partial charge in [0.25, 0.3) is 11.8 Å². The standard InChI is InChI=1S/C27H28N4O3S/c1-19-6-4-7-20(18-19)24(32)30-14-10-21(11-15-30)27(23-9-2-3-13-28-23)25(33)31(26(34)29-27)16-12-22-8-5-17-35-22/h2-9,13,17-18,21H,10-12,14-16H2,1H3,(H,29,34). The highest BCUT2D eigenvalue weighted by Gasteiger charge is 2.58. The molecular formula is C27H28N4O3S. The molecule has 2 saturated heterocycles. The first kappa shape index (κ1) is 23.2. The molecule has 8 heteroatoms. The third kappa shape index (κ3) is 4.34. The van der Waals surface area contributed by atoms with E-state index in [9.17, 15) is 14.4 Å². The van der Waals surface area contributed by atoms with Crippen LogP contribution in [-0.4, -0.2) is 52.3 Å². The van der Waals surface area contributed by atoms with Crippen molar-refractivity contribution < 1.29 is 14.4 Å². The van der Waals surface area contributed by atoms with Gasteiger partial charge in [0.1, 0.15) is 0 Å². The molecule has 0 aliphatic carbocycles. The summed E-state index contributed by atoms with van der Waals surface area (Å²) in [5, 5.41) is 5.03. The molecule has 0 bridgehead atoms. The van der Waals surface area contributed by atoms with Crippen molar-refractivity contribution in [3.05, 3.63) is 87.9 Å². The number of urea groups is 1. The lowest BCUT2D eigenvalue weighted by molar-refractivity contribution is -0.134. The summed E-state index contributed by atoms with van der Waals surface area (Å²) in [6.07, 6.45) is 3.47. The summed E-state index contributed by atoms with van der Waals surface area (Å²) < 4.78 is 0. The van der Waals surface area contributed by atoms with Crippen molar-refractivity contribution >= 4 is 29.2 Å². The van der Waals surface area contributed by atoms with Crippen LogP contribution >= 0.6 is 11.3 Å². The Balaban J connectivity index is 1.37. The van der Waals surface area contributed by atoms with Gasteiger partial charge in [-0.3, -0.25) is 19.5 Å². The van der Waals surface area contributed by atoms with Crippen molar-refractivity contribution in [2.75, 3.05) is 19.6 Å². The Morgan fingerprint density at radius 3 is 2.63 bits per heavy atom. The van der Waals surface area contributed by atoms with E-state index in [1.807, 2.05) is 65.7 Å². The molecule has 35 heavy (non-hydrogen) atoms. The number of hydrogen-bond donors (Lipinski definition) is 1. The van der Waals surface area contributed by atoms with Crippen LogP contribution in [-0.2, 0) is 16.8 Å². The Hall–Kier alpha value is -3.52. The number of nitrogens with zero attached hydrogens (tertiary/aromatic N) is 3. The molecule has 4 heterocycles. The number of imide groups is 1. The van der Waals surface area contributed by atoms with Gasteiger partial charge in [-0.25, -0.2) is 4.79 Å². The Morgan fingerprint density at radius 1 is 1.11 bits per heavy atom. The number of likely N-dealkylation sites (tertiary alicyclic amines) is 1. The maximum Gasteiger partial charge on any atom is 0.325 e. The Bertz CT molecular complexity index is 1220. The molecule has 5 rings (SSSR count). The van der Waals surface area contributed by atoms with Crippen LogP contribution in [0.2, 0.25) is 0 Å². The summed E-state index contributed by atoms with van der Waals surface area (Å²) in [4.78, 5) is 48.8. The smallest absolute Gasteiger partial charge is 0.325 e. The number of amides is 4. The number of benzene rings is 1. The highest BCUT2D eigenvalue weighted by atomic mass is 32.1. The number of nitrogens with one attached hydrogen (secondary N) is 1. The van der Waals surface area contributed by atoms with Crippen LogP contribution in [0.3, 0.4) is 0 Å². The Labute approximate surface area is 208 Å². The van der Waals surface area contributed by atoms with Crippen molar-refractivity contribution in [2.45, 2.75) is 31.7 Å². The number of carbonyl (C=O) groups excluding carboxylic acids is 3. The minimum Gasteiger partial charge on any atom is -0.339 e. The number of carbonyl (C=O) groups is 3. The molecule has 2 aliphatic rings. The van der Waals surface area contributed by atoms with E-state index in [4.69, 9.17) is 0 Å². The second-order valence-electron chi connectivity index (χ2n) is 9.18. The van der Waals surface area contributed by atoms with Gasteiger partial charge in [-0.15, -0.1) is 11.3 Å². The van der Waals surface area contributed by atoms with Gasteiger partial charge in [-0.2, -0.15) is 0 Å². The lowest BCUT2D eigenvalue weighted by Crippen LogP contribution is -2.54. The maximum atomic E-state index is 13.9. The third-order valence-electron chi connectivity index (χ3n) is 7.02. The first-order chi connectivity index (χ1) is 17.0. The number of rotatable bonds is 6. The molecule has 2 aliphatic heterocycles. The van der Waals surface area contributed by atoms with Crippen molar-refractivity contribution in [3.8, 4) is 0 Å². The van der Waals surface area contributed by atoms with Crippen LogP contribution in [0.5, 0.6) is 0 Å². The summed E-state index contributed by atoms with van der Waals surface area (Å²) in [5.41, 5.74) is 1.06. The third-order valence-corrected chi connectivity index (χ3v) is 7.96. The monoisotopic (exact) mass is 488 g/mol. The highest BCUT2D eigenvalue weighted by Crippen LogP contribution is 2.41. The molecule has 2 aromatic heterocycles. The van der Waals surface area contributed by atoms with Crippen molar-refractivity contribution in [1.82, 2.24) is 20.1 Å². The zero-order valence-corrected chi connectivity index (χ0v) is 20.5. The number of aromatic nitrogens is 1. The van der Waals surface area contributed by atoms with Gasteiger partial charge in [0.2, 0.25) is 0 Å². The summed E-state index contributed by atoms with van der Waals surface area (Å²) >= 11 is 1.62. The molecule has 0 spiro atoms. The van der Waals surface area contributed by atoms with E-state index in [-0.39, 0.29) is 23.8 Å². The fraction of sp³-hybridized carbons (Fsp3) is 0.333. The van der Waals surface area contributed by atoms with Crippen LogP contribution in [0, 0.1) is 12.8 Å². The van der Waals surface area contributed by atoms with E-state index < -0.39 is 5.54 Å². The predicted molar refractivity (Wildman–Crippen MR) is 134 cm³/mol. The number of hydrogen-bond acceptors (Lipinski definition) is 5. The first-order valence-corrected chi connectivity index (χ1v) is 12.8. The minimum absolute atomic E-state index is 0.00149. The van der Waals surface area contributed by atoms with E-state index in [1.54, 1.807) is 23.6 Å². The van der Waals surface area contributed by atoms with Crippen LogP contribution in [0.1, 0.15) is 39.3 Å². The molecule has 7 nitrogen and oxygen atoms in total. The minimum atomic E-state index is -1.22. The van der Waals surface area contributed by atoms with Crippen LogP contribution in [0.25, 0.3) is 0 Å². The van der Waals surface area contributed by atoms with Gasteiger partial charge in [-0.1, -0.05) is 29.8 Å². The quantitative estimate of drug-likeness (QED) is 0.532. The summed E-state index contributed by atoms with van der Waals surface area (Å²) in [6.45, 7) is 3.33. The topological polar surface area (TPSA) is 82.6 Å². The van der Waals surface area contributed by atoms with Crippen LogP contribution < -0.4 is 5.32 Å². The second kappa shape index (κ2) is 9.62. The average molecular weight is 489 g/mol. The Kier molecular flexibility index (Phi) is 6.38. The molecule has 2 fully saturated rings. The lowest BCUT2D eigenvalue weighted by Gasteiger charge is -2.40.